The molecule has 0 saturated heterocycles. The second-order valence-corrected chi connectivity index (χ2v) is 6.29. The van der Waals surface area contributed by atoms with Gasteiger partial charge in [-0.25, -0.2) is 0 Å². The molecule has 4 heteroatoms. The number of carbonyl (C=O) groups is 1. The highest BCUT2D eigenvalue weighted by Crippen LogP contribution is 2.26. The van der Waals surface area contributed by atoms with Crippen molar-refractivity contribution in [1.29, 1.82) is 0 Å². The van der Waals surface area contributed by atoms with Crippen LogP contribution in [0.2, 0.25) is 0 Å². The number of aryl methyl sites for hydroxylation is 2. The number of hydrogen-bond donors (Lipinski definition) is 2. The van der Waals surface area contributed by atoms with E-state index in [0.29, 0.717) is 5.56 Å². The van der Waals surface area contributed by atoms with Crippen LogP contribution in [0.15, 0.2) is 40.9 Å². The lowest BCUT2D eigenvalue weighted by atomic mass is 10.0. The van der Waals surface area contributed by atoms with Crippen molar-refractivity contribution in [3.05, 3.63) is 57.6 Å². The van der Waals surface area contributed by atoms with E-state index in [1.807, 2.05) is 37.3 Å². The van der Waals surface area contributed by atoms with Crippen molar-refractivity contribution in [3.8, 4) is 0 Å². The predicted octanol–water partition coefficient (Wildman–Crippen LogP) is 4.37. The molecule has 0 saturated carbocycles. The first-order valence-corrected chi connectivity index (χ1v) is 7.86. The third-order valence-corrected chi connectivity index (χ3v) is 4.07. The minimum atomic E-state index is -0.0878. The van der Waals surface area contributed by atoms with Crippen molar-refractivity contribution < 1.29 is 4.79 Å². The predicted molar refractivity (Wildman–Crippen MR) is 90.1 cm³/mol. The zero-order valence-electron chi connectivity index (χ0n) is 11.9. The molecule has 0 bridgehead atoms. The molecule has 0 atom stereocenters. The Hall–Kier alpha value is -1.81. The maximum absolute atomic E-state index is 12.3. The topological polar surface area (TPSA) is 41.1 Å². The van der Waals surface area contributed by atoms with Crippen LogP contribution in [0.25, 0.3) is 0 Å². The van der Waals surface area contributed by atoms with E-state index in [1.165, 1.54) is 5.56 Å². The molecule has 2 N–H and O–H groups in total. The number of amides is 1. The van der Waals surface area contributed by atoms with Gasteiger partial charge in [0.15, 0.2) is 0 Å². The van der Waals surface area contributed by atoms with E-state index in [0.717, 1.165) is 40.8 Å². The second kappa shape index (κ2) is 5.90. The summed E-state index contributed by atoms with van der Waals surface area (Å²) < 4.78 is 0.916. The van der Waals surface area contributed by atoms with Crippen molar-refractivity contribution in [1.82, 2.24) is 0 Å². The Morgan fingerprint density at radius 3 is 2.90 bits per heavy atom. The zero-order valence-corrected chi connectivity index (χ0v) is 13.5. The fourth-order valence-electron chi connectivity index (χ4n) is 2.61. The van der Waals surface area contributed by atoms with Crippen LogP contribution in [-0.4, -0.2) is 12.5 Å². The SMILES string of the molecule is Cc1cc(Br)cc(C(=O)Nc2ccc3c(c2)NCCC3)c1. The van der Waals surface area contributed by atoms with Crippen molar-refractivity contribution in [2.75, 3.05) is 17.2 Å². The van der Waals surface area contributed by atoms with Crippen LogP contribution in [-0.2, 0) is 6.42 Å². The van der Waals surface area contributed by atoms with Gasteiger partial charge in [-0.2, -0.15) is 0 Å². The Morgan fingerprint density at radius 2 is 2.10 bits per heavy atom. The Bertz CT molecular complexity index is 677. The quantitative estimate of drug-likeness (QED) is 0.849. The summed E-state index contributed by atoms with van der Waals surface area (Å²) in [7, 11) is 0. The number of carbonyl (C=O) groups excluding carboxylic acids is 1. The number of hydrogen-bond acceptors (Lipinski definition) is 2. The van der Waals surface area contributed by atoms with Crippen LogP contribution in [0.1, 0.15) is 27.9 Å². The summed E-state index contributed by atoms with van der Waals surface area (Å²) in [5.74, 6) is -0.0878. The van der Waals surface area contributed by atoms with Crippen LogP contribution in [0.5, 0.6) is 0 Å². The first-order valence-electron chi connectivity index (χ1n) is 7.07. The van der Waals surface area contributed by atoms with Crippen molar-refractivity contribution >= 4 is 33.2 Å². The third-order valence-electron chi connectivity index (χ3n) is 3.61. The maximum Gasteiger partial charge on any atom is 0.255 e. The molecule has 0 radical (unpaired) electrons. The van der Waals surface area contributed by atoms with Gasteiger partial charge >= 0.3 is 0 Å². The Balaban J connectivity index is 1.81. The Kier molecular flexibility index (Phi) is 3.97. The molecule has 3 rings (SSSR count). The minimum Gasteiger partial charge on any atom is -0.385 e. The van der Waals surface area contributed by atoms with Crippen LogP contribution in [0, 0.1) is 6.92 Å². The smallest absolute Gasteiger partial charge is 0.255 e. The van der Waals surface area contributed by atoms with Gasteiger partial charge in [0.25, 0.3) is 5.91 Å². The van der Waals surface area contributed by atoms with Crippen LogP contribution >= 0.6 is 15.9 Å². The standard InChI is InChI=1S/C17H17BrN2O/c1-11-7-13(9-14(18)8-11)17(21)20-15-5-4-12-3-2-6-19-16(12)10-15/h4-5,7-10,19H,2-3,6H2,1H3,(H,20,21). The van der Waals surface area contributed by atoms with Gasteiger partial charge in [-0.3, -0.25) is 4.79 Å². The molecular weight excluding hydrogens is 328 g/mol. The summed E-state index contributed by atoms with van der Waals surface area (Å²) in [6, 6.07) is 11.8. The average Bonchev–Trinajstić information content (AvgIpc) is 2.46. The molecule has 1 aliphatic rings. The fraction of sp³-hybridized carbons (Fsp3) is 0.235. The van der Waals surface area contributed by atoms with Gasteiger partial charge in [-0.1, -0.05) is 22.0 Å². The monoisotopic (exact) mass is 344 g/mol. The molecule has 0 unspecified atom stereocenters. The Labute approximate surface area is 132 Å². The fourth-order valence-corrected chi connectivity index (χ4v) is 3.22. The Morgan fingerprint density at radius 1 is 1.24 bits per heavy atom. The van der Waals surface area contributed by atoms with Gasteiger partial charge < -0.3 is 10.6 Å². The van der Waals surface area contributed by atoms with Crippen LogP contribution < -0.4 is 10.6 Å². The van der Waals surface area contributed by atoms with Crippen LogP contribution in [0.3, 0.4) is 0 Å². The van der Waals surface area contributed by atoms with Gasteiger partial charge in [-0.15, -0.1) is 0 Å². The summed E-state index contributed by atoms with van der Waals surface area (Å²) in [5, 5.41) is 6.34. The van der Waals surface area contributed by atoms with E-state index in [4.69, 9.17) is 0 Å². The van der Waals surface area contributed by atoms with Crippen molar-refractivity contribution in [2.45, 2.75) is 19.8 Å². The normalized spacial score (nSPS) is 13.2. The van der Waals surface area contributed by atoms with E-state index >= 15 is 0 Å². The molecule has 21 heavy (non-hydrogen) atoms. The average molecular weight is 345 g/mol. The zero-order chi connectivity index (χ0) is 14.8. The molecule has 1 aliphatic heterocycles. The van der Waals surface area contributed by atoms with Crippen molar-refractivity contribution in [2.24, 2.45) is 0 Å². The summed E-state index contributed by atoms with van der Waals surface area (Å²) in [5.41, 5.74) is 4.99. The molecule has 0 aliphatic carbocycles. The number of fused-ring (bicyclic) bond motifs is 1. The maximum atomic E-state index is 12.3. The molecule has 3 nitrogen and oxygen atoms in total. The molecule has 1 amide bonds. The summed E-state index contributed by atoms with van der Waals surface area (Å²) in [4.78, 5) is 12.3. The first kappa shape index (κ1) is 14.1. The number of halogens is 1. The van der Waals surface area contributed by atoms with Gasteiger partial charge in [0.2, 0.25) is 0 Å². The van der Waals surface area contributed by atoms with E-state index < -0.39 is 0 Å². The van der Waals surface area contributed by atoms with Gasteiger partial charge in [0, 0.05) is 28.0 Å². The second-order valence-electron chi connectivity index (χ2n) is 5.37. The minimum absolute atomic E-state index is 0.0878. The molecule has 1 heterocycles. The highest BCUT2D eigenvalue weighted by atomic mass is 79.9. The van der Waals surface area contributed by atoms with Crippen molar-refractivity contribution in [3.63, 3.8) is 0 Å². The third kappa shape index (κ3) is 3.27. The molecule has 108 valence electrons. The highest BCUT2D eigenvalue weighted by molar-refractivity contribution is 9.10. The summed E-state index contributed by atoms with van der Waals surface area (Å²) in [6.45, 7) is 2.97. The number of rotatable bonds is 2. The largest absolute Gasteiger partial charge is 0.385 e. The first-order chi connectivity index (χ1) is 10.1. The molecule has 2 aromatic rings. The van der Waals surface area contributed by atoms with E-state index in [1.54, 1.807) is 0 Å². The van der Waals surface area contributed by atoms with E-state index in [2.05, 4.69) is 32.6 Å². The number of benzene rings is 2. The lowest BCUT2D eigenvalue weighted by Crippen LogP contribution is -2.15. The number of nitrogens with one attached hydrogen (secondary N) is 2. The number of anilines is 2. The molecule has 2 aromatic carbocycles. The molecule has 0 aromatic heterocycles. The van der Waals surface area contributed by atoms with E-state index in [9.17, 15) is 4.79 Å². The molecular formula is C17H17BrN2O. The molecule has 0 fully saturated rings. The van der Waals surface area contributed by atoms with Crippen LogP contribution in [0.4, 0.5) is 11.4 Å². The van der Waals surface area contributed by atoms with Gasteiger partial charge in [0.1, 0.15) is 0 Å². The summed E-state index contributed by atoms with van der Waals surface area (Å²) in [6.07, 6.45) is 2.26. The van der Waals surface area contributed by atoms with Gasteiger partial charge in [0.05, 0.1) is 0 Å². The lowest BCUT2D eigenvalue weighted by Gasteiger charge is -2.19. The highest BCUT2D eigenvalue weighted by Gasteiger charge is 2.11. The van der Waals surface area contributed by atoms with E-state index in [-0.39, 0.29) is 5.91 Å². The summed E-state index contributed by atoms with van der Waals surface area (Å²) >= 11 is 3.43. The van der Waals surface area contributed by atoms with Gasteiger partial charge in [-0.05, 0) is 61.2 Å². The molecule has 0 spiro atoms. The lowest BCUT2D eigenvalue weighted by molar-refractivity contribution is 0.102.